The summed E-state index contributed by atoms with van der Waals surface area (Å²) in [4.78, 5) is 0. The molecule has 5 heteroatoms. The molecule has 0 radical (unpaired) electrons. The van der Waals surface area contributed by atoms with Gasteiger partial charge in [0.15, 0.2) is 12.6 Å². The highest BCUT2D eigenvalue weighted by Crippen LogP contribution is 2.38. The maximum atomic E-state index is 6.45. The molecule has 3 fully saturated rings. The summed E-state index contributed by atoms with van der Waals surface area (Å²) in [5.41, 5.74) is 0. The molecule has 3 saturated heterocycles. The molecule has 154 valence electrons. The zero-order valence-corrected chi connectivity index (χ0v) is 17.9. The quantitative estimate of drug-likeness (QED) is 0.736. The SMILES string of the molecule is CC.CCC1O[C@@H](C)[C@@H](C)C(C)[C@@H]1O[C@H]1C[C@@H](C)[C@@H]2OC(C)OCC2O1. The number of rotatable bonds is 3. The third kappa shape index (κ3) is 4.79. The lowest BCUT2D eigenvalue weighted by Gasteiger charge is -2.48. The van der Waals surface area contributed by atoms with E-state index in [9.17, 15) is 0 Å². The van der Waals surface area contributed by atoms with Gasteiger partial charge >= 0.3 is 0 Å². The van der Waals surface area contributed by atoms with Crippen molar-refractivity contribution in [2.75, 3.05) is 6.61 Å². The summed E-state index contributed by atoms with van der Waals surface area (Å²) in [6, 6.07) is 0. The largest absolute Gasteiger partial charge is 0.372 e. The lowest BCUT2D eigenvalue weighted by Crippen LogP contribution is -2.56. The molecule has 0 aromatic carbocycles. The van der Waals surface area contributed by atoms with E-state index in [0.717, 1.165) is 12.8 Å². The molecule has 0 aromatic rings. The van der Waals surface area contributed by atoms with E-state index >= 15 is 0 Å². The van der Waals surface area contributed by atoms with Gasteiger partial charge in [-0.2, -0.15) is 0 Å². The predicted molar refractivity (Wildman–Crippen MR) is 102 cm³/mol. The normalized spacial score (nSPS) is 48.9. The maximum absolute atomic E-state index is 6.45. The number of ether oxygens (including phenoxy) is 5. The first-order valence-corrected chi connectivity index (χ1v) is 10.6. The first-order valence-electron chi connectivity index (χ1n) is 10.6. The molecule has 3 aliphatic heterocycles. The Bertz CT molecular complexity index is 415. The van der Waals surface area contributed by atoms with Crippen molar-refractivity contribution in [3.8, 4) is 0 Å². The van der Waals surface area contributed by atoms with Gasteiger partial charge in [0.1, 0.15) is 6.10 Å². The van der Waals surface area contributed by atoms with Gasteiger partial charge in [0.05, 0.1) is 31.0 Å². The van der Waals surface area contributed by atoms with Crippen molar-refractivity contribution in [2.24, 2.45) is 17.8 Å². The van der Waals surface area contributed by atoms with Crippen molar-refractivity contribution in [3.63, 3.8) is 0 Å². The van der Waals surface area contributed by atoms with E-state index in [4.69, 9.17) is 23.7 Å². The number of hydrogen-bond acceptors (Lipinski definition) is 5. The van der Waals surface area contributed by atoms with Gasteiger partial charge in [-0.05, 0) is 38.0 Å². The van der Waals surface area contributed by atoms with Crippen LogP contribution in [0.1, 0.15) is 68.2 Å². The molecule has 26 heavy (non-hydrogen) atoms. The lowest BCUT2D eigenvalue weighted by atomic mass is 9.81. The van der Waals surface area contributed by atoms with Crippen LogP contribution in [0.4, 0.5) is 0 Å². The maximum Gasteiger partial charge on any atom is 0.159 e. The molecule has 0 amide bonds. The third-order valence-electron chi connectivity index (χ3n) is 6.22. The first-order chi connectivity index (χ1) is 12.4. The highest BCUT2D eigenvalue weighted by Gasteiger charge is 2.45. The Morgan fingerprint density at radius 2 is 1.62 bits per heavy atom. The summed E-state index contributed by atoms with van der Waals surface area (Å²) in [5, 5.41) is 0. The van der Waals surface area contributed by atoms with Crippen LogP contribution in [0.25, 0.3) is 0 Å². The van der Waals surface area contributed by atoms with Gasteiger partial charge in [-0.15, -0.1) is 0 Å². The molecule has 0 aromatic heterocycles. The van der Waals surface area contributed by atoms with Crippen LogP contribution in [0.3, 0.4) is 0 Å². The average Bonchev–Trinajstić information content (AvgIpc) is 2.64. The second-order valence-corrected chi connectivity index (χ2v) is 7.93. The number of hydrogen-bond donors (Lipinski definition) is 0. The van der Waals surface area contributed by atoms with Crippen LogP contribution in [0, 0.1) is 17.8 Å². The van der Waals surface area contributed by atoms with Crippen LogP contribution in [0.2, 0.25) is 0 Å². The summed E-state index contributed by atoms with van der Waals surface area (Å²) in [6.45, 7) is 17.6. The molecule has 0 aliphatic carbocycles. The van der Waals surface area contributed by atoms with E-state index in [2.05, 4.69) is 34.6 Å². The lowest BCUT2D eigenvalue weighted by molar-refractivity contribution is -0.338. The zero-order chi connectivity index (χ0) is 19.4. The first kappa shape index (κ1) is 22.1. The van der Waals surface area contributed by atoms with Crippen molar-refractivity contribution in [2.45, 2.75) is 111 Å². The minimum atomic E-state index is -0.201. The van der Waals surface area contributed by atoms with E-state index in [1.807, 2.05) is 20.8 Å². The topological polar surface area (TPSA) is 46.2 Å². The molecule has 0 saturated carbocycles. The van der Waals surface area contributed by atoms with Gasteiger partial charge in [-0.3, -0.25) is 0 Å². The molecule has 0 bridgehead atoms. The Balaban J connectivity index is 0.00000117. The Kier molecular flexibility index (Phi) is 8.35. The molecule has 3 aliphatic rings. The minimum Gasteiger partial charge on any atom is -0.372 e. The van der Waals surface area contributed by atoms with E-state index < -0.39 is 0 Å². The van der Waals surface area contributed by atoms with Crippen LogP contribution >= 0.6 is 0 Å². The van der Waals surface area contributed by atoms with E-state index in [0.29, 0.717) is 24.4 Å². The molecule has 0 N–H and O–H groups in total. The molecule has 3 heterocycles. The van der Waals surface area contributed by atoms with E-state index in [-0.39, 0.29) is 43.1 Å². The fourth-order valence-electron chi connectivity index (χ4n) is 4.32. The smallest absolute Gasteiger partial charge is 0.159 e. The predicted octanol–water partition coefficient (Wildman–Crippen LogP) is 4.38. The van der Waals surface area contributed by atoms with Crippen LogP contribution in [0.15, 0.2) is 0 Å². The molecule has 5 nitrogen and oxygen atoms in total. The molecule has 0 spiro atoms. The molecule has 4 unspecified atom stereocenters. The van der Waals surface area contributed by atoms with Gasteiger partial charge in [0.2, 0.25) is 0 Å². The van der Waals surface area contributed by atoms with Crippen molar-refractivity contribution >= 4 is 0 Å². The fourth-order valence-corrected chi connectivity index (χ4v) is 4.32. The van der Waals surface area contributed by atoms with Crippen molar-refractivity contribution < 1.29 is 23.7 Å². The molecule has 10 atom stereocenters. The number of fused-ring (bicyclic) bond motifs is 1. The molecule has 3 rings (SSSR count). The van der Waals surface area contributed by atoms with Gasteiger partial charge in [0.25, 0.3) is 0 Å². The van der Waals surface area contributed by atoms with E-state index in [1.165, 1.54) is 0 Å². The van der Waals surface area contributed by atoms with Crippen LogP contribution < -0.4 is 0 Å². The highest BCUT2D eigenvalue weighted by atomic mass is 16.7. The van der Waals surface area contributed by atoms with Crippen LogP contribution in [-0.4, -0.2) is 49.7 Å². The van der Waals surface area contributed by atoms with Gasteiger partial charge in [-0.1, -0.05) is 41.5 Å². The minimum absolute atomic E-state index is 0.0359. The highest BCUT2D eigenvalue weighted by molar-refractivity contribution is 4.89. The Hall–Kier alpha value is -0.200. The van der Waals surface area contributed by atoms with Gasteiger partial charge in [-0.25, -0.2) is 0 Å². The monoisotopic (exact) mass is 372 g/mol. The fraction of sp³-hybridized carbons (Fsp3) is 1.00. The van der Waals surface area contributed by atoms with Crippen LogP contribution in [-0.2, 0) is 23.7 Å². The third-order valence-corrected chi connectivity index (χ3v) is 6.22. The standard InChI is InChI=1S/C19H34O5.C2H6/c1-7-15-19(12(4)11(3)13(5)21-15)24-17-8-10(2)18-16(23-17)9-20-14(6)22-18;1-2/h10-19H,7-9H2,1-6H3;1-2H3/t10-,11+,12?,13+,14?,15?,16?,17+,18+,19+;/m1./s1. The van der Waals surface area contributed by atoms with Gasteiger partial charge in [0, 0.05) is 6.42 Å². The zero-order valence-electron chi connectivity index (χ0n) is 17.9. The van der Waals surface area contributed by atoms with Crippen molar-refractivity contribution in [1.29, 1.82) is 0 Å². The summed E-state index contributed by atoms with van der Waals surface area (Å²) in [6.07, 6.45) is 2.05. The van der Waals surface area contributed by atoms with Crippen molar-refractivity contribution in [3.05, 3.63) is 0 Å². The van der Waals surface area contributed by atoms with E-state index in [1.54, 1.807) is 0 Å². The average molecular weight is 373 g/mol. The van der Waals surface area contributed by atoms with Crippen LogP contribution in [0.5, 0.6) is 0 Å². The summed E-state index contributed by atoms with van der Waals surface area (Å²) in [7, 11) is 0. The summed E-state index contributed by atoms with van der Waals surface area (Å²) >= 11 is 0. The molecular weight excluding hydrogens is 332 g/mol. The molecular formula is C21H40O5. The second kappa shape index (κ2) is 9.83. The Labute approximate surface area is 160 Å². The Morgan fingerprint density at radius 1 is 0.923 bits per heavy atom. The Morgan fingerprint density at radius 3 is 2.27 bits per heavy atom. The summed E-state index contributed by atoms with van der Waals surface area (Å²) in [5.74, 6) is 1.33. The second-order valence-electron chi connectivity index (χ2n) is 7.93. The van der Waals surface area contributed by atoms with Crippen molar-refractivity contribution in [1.82, 2.24) is 0 Å². The summed E-state index contributed by atoms with van der Waals surface area (Å²) < 4.78 is 30.3. The van der Waals surface area contributed by atoms with Gasteiger partial charge < -0.3 is 23.7 Å².